The Morgan fingerprint density at radius 1 is 1.00 bits per heavy atom. The maximum atomic E-state index is 12.3. The molecule has 2 aromatic rings. The maximum absolute atomic E-state index is 12.3. The minimum atomic E-state index is -2.27. The molecule has 5 nitrogen and oxygen atoms in total. The van der Waals surface area contributed by atoms with Crippen molar-refractivity contribution in [3.63, 3.8) is 0 Å². The molecule has 1 N–H and O–H groups in total. The normalized spacial score (nSPS) is 14.3. The highest BCUT2D eigenvalue weighted by Gasteiger charge is 2.50. The molecule has 130 valence electrons. The Balaban J connectivity index is 1.62. The van der Waals surface area contributed by atoms with Crippen molar-refractivity contribution < 1.29 is 24.2 Å². The van der Waals surface area contributed by atoms with E-state index >= 15 is 0 Å². The Labute approximate surface area is 150 Å². The van der Waals surface area contributed by atoms with Crippen LogP contribution in [0.5, 0.6) is 0 Å². The predicted molar refractivity (Wildman–Crippen MR) is 93.6 cm³/mol. The second-order valence-electron chi connectivity index (χ2n) is 5.84. The number of esters is 1. The lowest BCUT2D eigenvalue weighted by molar-refractivity contribution is -0.143. The summed E-state index contributed by atoms with van der Waals surface area (Å²) in [6, 6.07) is 15.5. The van der Waals surface area contributed by atoms with E-state index in [0.717, 1.165) is 11.6 Å². The van der Waals surface area contributed by atoms with Crippen LogP contribution in [-0.2, 0) is 16.1 Å². The molecule has 0 aliphatic heterocycles. The van der Waals surface area contributed by atoms with Crippen molar-refractivity contribution in [1.29, 1.82) is 0 Å². The van der Waals surface area contributed by atoms with Crippen LogP contribution in [0.4, 0.5) is 0 Å². The van der Waals surface area contributed by atoms with E-state index in [1.807, 2.05) is 30.3 Å². The number of Topliss-reactive ketones (excluding diaryl/α,β-unsaturated/α-hetero) is 2. The van der Waals surface area contributed by atoms with Gasteiger partial charge in [-0.15, -0.1) is 5.73 Å². The fraction of sp³-hybridized carbons (Fsp3) is 0.143. The molecule has 2 aromatic carbocycles. The van der Waals surface area contributed by atoms with Crippen LogP contribution in [0.3, 0.4) is 0 Å². The van der Waals surface area contributed by atoms with Gasteiger partial charge in [0.2, 0.25) is 17.2 Å². The van der Waals surface area contributed by atoms with Gasteiger partial charge >= 0.3 is 5.97 Å². The summed E-state index contributed by atoms with van der Waals surface area (Å²) in [6.45, 7) is 0.160. The Kier molecular flexibility index (Phi) is 4.94. The lowest BCUT2D eigenvalue weighted by Crippen LogP contribution is -2.38. The summed E-state index contributed by atoms with van der Waals surface area (Å²) in [5.74, 6) is -1.86. The maximum Gasteiger partial charge on any atom is 0.310 e. The van der Waals surface area contributed by atoms with Crippen LogP contribution in [0, 0.1) is 0 Å². The summed E-state index contributed by atoms with van der Waals surface area (Å²) in [5, 5.41) is 10.4. The van der Waals surface area contributed by atoms with Gasteiger partial charge in [-0.25, -0.2) is 0 Å². The summed E-state index contributed by atoms with van der Waals surface area (Å²) in [4.78, 5) is 36.2. The van der Waals surface area contributed by atoms with Crippen molar-refractivity contribution in [2.45, 2.75) is 18.6 Å². The number of fused-ring (bicyclic) bond motifs is 1. The van der Waals surface area contributed by atoms with Gasteiger partial charge in [-0.05, 0) is 11.6 Å². The van der Waals surface area contributed by atoms with Gasteiger partial charge in [-0.3, -0.25) is 14.4 Å². The van der Waals surface area contributed by atoms with Crippen LogP contribution < -0.4 is 0 Å². The van der Waals surface area contributed by atoms with Gasteiger partial charge in [0.1, 0.15) is 6.61 Å². The van der Waals surface area contributed by atoms with Crippen LogP contribution in [0.15, 0.2) is 72.5 Å². The lowest BCUT2D eigenvalue weighted by Gasteiger charge is -2.11. The van der Waals surface area contributed by atoms with Gasteiger partial charge < -0.3 is 9.84 Å². The highest BCUT2D eigenvalue weighted by atomic mass is 16.5. The molecule has 0 saturated carbocycles. The Morgan fingerprint density at radius 2 is 1.58 bits per heavy atom. The van der Waals surface area contributed by atoms with Crippen LogP contribution in [0.2, 0.25) is 0 Å². The van der Waals surface area contributed by atoms with E-state index in [4.69, 9.17) is 4.74 Å². The molecule has 5 heteroatoms. The summed E-state index contributed by atoms with van der Waals surface area (Å²) in [6.07, 6.45) is 2.21. The van der Waals surface area contributed by atoms with Crippen molar-refractivity contribution in [3.8, 4) is 0 Å². The van der Waals surface area contributed by atoms with Crippen LogP contribution >= 0.6 is 0 Å². The first-order valence-corrected chi connectivity index (χ1v) is 8.05. The number of rotatable bonds is 5. The number of carbonyl (C=O) groups is 3. The zero-order valence-electron chi connectivity index (χ0n) is 13.8. The molecule has 0 atom stereocenters. The number of carbonyl (C=O) groups excluding carboxylic acids is 3. The number of ketones is 2. The first-order chi connectivity index (χ1) is 12.5. The molecule has 0 unspecified atom stereocenters. The van der Waals surface area contributed by atoms with Crippen molar-refractivity contribution in [2.75, 3.05) is 0 Å². The molecule has 0 bridgehead atoms. The Hall–Kier alpha value is -3.27. The Bertz CT molecular complexity index is 885. The quantitative estimate of drug-likeness (QED) is 0.510. The van der Waals surface area contributed by atoms with Gasteiger partial charge in [0.25, 0.3) is 0 Å². The molecule has 0 spiro atoms. The van der Waals surface area contributed by atoms with E-state index in [-0.39, 0.29) is 24.2 Å². The average Bonchev–Trinajstić information content (AvgIpc) is 2.87. The monoisotopic (exact) mass is 348 g/mol. The number of aliphatic hydroxyl groups is 1. The molecule has 0 aromatic heterocycles. The third-order valence-electron chi connectivity index (χ3n) is 4.03. The second kappa shape index (κ2) is 7.31. The predicted octanol–water partition coefficient (Wildman–Crippen LogP) is 2.64. The topological polar surface area (TPSA) is 80.7 Å². The van der Waals surface area contributed by atoms with E-state index < -0.39 is 23.1 Å². The van der Waals surface area contributed by atoms with Crippen molar-refractivity contribution in [3.05, 3.63) is 89.2 Å². The van der Waals surface area contributed by atoms with Crippen molar-refractivity contribution in [1.82, 2.24) is 0 Å². The molecule has 0 amide bonds. The molecule has 0 saturated heterocycles. The smallest absolute Gasteiger partial charge is 0.310 e. The molecule has 1 aliphatic carbocycles. The fourth-order valence-corrected chi connectivity index (χ4v) is 2.64. The van der Waals surface area contributed by atoms with E-state index in [1.165, 1.54) is 18.2 Å². The van der Waals surface area contributed by atoms with Crippen LogP contribution in [-0.4, -0.2) is 28.2 Å². The SMILES string of the molecule is O=C(CC=C=CC1(O)C(=O)c2ccccc2C1=O)OCc1ccccc1. The molecule has 3 rings (SSSR count). The summed E-state index contributed by atoms with van der Waals surface area (Å²) in [7, 11) is 0. The number of ether oxygens (including phenoxy) is 1. The third kappa shape index (κ3) is 3.40. The first-order valence-electron chi connectivity index (χ1n) is 8.05. The van der Waals surface area contributed by atoms with Crippen LogP contribution in [0.25, 0.3) is 0 Å². The fourth-order valence-electron chi connectivity index (χ4n) is 2.64. The molecular formula is C21H16O5. The number of hydrogen-bond acceptors (Lipinski definition) is 5. The zero-order chi connectivity index (χ0) is 18.6. The summed E-state index contributed by atoms with van der Waals surface area (Å²) in [5.41, 5.74) is 1.51. The van der Waals surface area contributed by atoms with Gasteiger partial charge in [-0.2, -0.15) is 0 Å². The molecule has 0 radical (unpaired) electrons. The second-order valence-corrected chi connectivity index (χ2v) is 5.84. The van der Waals surface area contributed by atoms with E-state index in [0.29, 0.717) is 0 Å². The number of hydrogen-bond donors (Lipinski definition) is 1. The molecule has 1 aliphatic rings. The van der Waals surface area contributed by atoms with Gasteiger partial charge in [0.05, 0.1) is 6.42 Å². The summed E-state index contributed by atoms with van der Waals surface area (Å²) < 4.78 is 5.10. The average molecular weight is 348 g/mol. The third-order valence-corrected chi connectivity index (χ3v) is 4.03. The van der Waals surface area contributed by atoms with Crippen molar-refractivity contribution in [2.24, 2.45) is 0 Å². The summed E-state index contributed by atoms with van der Waals surface area (Å²) >= 11 is 0. The molecule has 0 heterocycles. The van der Waals surface area contributed by atoms with Crippen molar-refractivity contribution >= 4 is 17.5 Å². The molecule has 26 heavy (non-hydrogen) atoms. The number of benzene rings is 2. The van der Waals surface area contributed by atoms with E-state index in [1.54, 1.807) is 12.1 Å². The minimum Gasteiger partial charge on any atom is -0.461 e. The highest BCUT2D eigenvalue weighted by molar-refractivity contribution is 6.33. The van der Waals surface area contributed by atoms with Gasteiger partial charge in [0, 0.05) is 17.2 Å². The van der Waals surface area contributed by atoms with E-state index in [2.05, 4.69) is 5.73 Å². The Morgan fingerprint density at radius 3 is 2.19 bits per heavy atom. The van der Waals surface area contributed by atoms with Gasteiger partial charge in [-0.1, -0.05) is 54.6 Å². The zero-order valence-corrected chi connectivity index (χ0v) is 13.8. The van der Waals surface area contributed by atoms with Crippen LogP contribution in [0.1, 0.15) is 32.7 Å². The first kappa shape index (κ1) is 17.5. The molecular weight excluding hydrogens is 332 g/mol. The minimum absolute atomic E-state index is 0.0885. The molecule has 0 fully saturated rings. The largest absolute Gasteiger partial charge is 0.461 e. The lowest BCUT2D eigenvalue weighted by atomic mass is 9.98. The standard InChI is InChI=1S/C21H16O5/c22-18(26-14-15-8-2-1-3-9-15)12-6-7-13-21(25)19(23)16-10-4-5-11-17(16)20(21)24/h1-6,8-11,13,25H,12,14H2. The van der Waals surface area contributed by atoms with Gasteiger partial charge in [0.15, 0.2) is 0 Å². The van der Waals surface area contributed by atoms with E-state index in [9.17, 15) is 19.5 Å². The highest BCUT2D eigenvalue weighted by Crippen LogP contribution is 2.30.